The highest BCUT2D eigenvalue weighted by atomic mass is 15.1. The summed E-state index contributed by atoms with van der Waals surface area (Å²) in [4.78, 5) is 2.58. The Morgan fingerprint density at radius 3 is 2.75 bits per heavy atom. The molecule has 2 rings (SSSR count). The first-order valence-electron chi connectivity index (χ1n) is 8.35. The number of rotatable bonds is 7. The van der Waals surface area contributed by atoms with Crippen LogP contribution in [0.25, 0.3) is 0 Å². The van der Waals surface area contributed by atoms with Gasteiger partial charge in [0.05, 0.1) is 0 Å². The van der Waals surface area contributed by atoms with E-state index in [0.717, 1.165) is 0 Å². The number of hydrogen-bond donors (Lipinski definition) is 1. The van der Waals surface area contributed by atoms with E-state index in [-0.39, 0.29) is 6.04 Å². The van der Waals surface area contributed by atoms with Gasteiger partial charge in [0.1, 0.15) is 0 Å². The highest BCUT2D eigenvalue weighted by Gasteiger charge is 2.17. The number of benzene rings is 1. The summed E-state index contributed by atoms with van der Waals surface area (Å²) in [7, 11) is 0. The van der Waals surface area contributed by atoms with E-state index in [1.54, 1.807) is 0 Å². The van der Waals surface area contributed by atoms with E-state index in [2.05, 4.69) is 36.9 Å². The van der Waals surface area contributed by atoms with Crippen LogP contribution >= 0.6 is 0 Å². The SMILES string of the molecule is CCCCCCCN1CCCc2cc(C(C)N)ccc21. The van der Waals surface area contributed by atoms with E-state index in [1.807, 2.05) is 0 Å². The zero-order chi connectivity index (χ0) is 14.4. The molecular weight excluding hydrogens is 244 g/mol. The highest BCUT2D eigenvalue weighted by Crippen LogP contribution is 2.29. The molecule has 2 nitrogen and oxygen atoms in total. The van der Waals surface area contributed by atoms with E-state index in [4.69, 9.17) is 5.73 Å². The van der Waals surface area contributed by atoms with E-state index >= 15 is 0 Å². The number of aryl methyl sites for hydroxylation is 1. The molecule has 0 amide bonds. The molecule has 0 spiro atoms. The van der Waals surface area contributed by atoms with Crippen molar-refractivity contribution in [2.75, 3.05) is 18.0 Å². The predicted octanol–water partition coefficient (Wildman–Crippen LogP) is 4.43. The molecule has 1 aliphatic rings. The van der Waals surface area contributed by atoms with Gasteiger partial charge in [0.15, 0.2) is 0 Å². The maximum atomic E-state index is 5.99. The minimum absolute atomic E-state index is 0.143. The van der Waals surface area contributed by atoms with Crippen molar-refractivity contribution in [1.29, 1.82) is 0 Å². The summed E-state index contributed by atoms with van der Waals surface area (Å²) in [6.45, 7) is 6.78. The van der Waals surface area contributed by atoms with E-state index in [0.29, 0.717) is 0 Å². The molecule has 0 saturated carbocycles. The topological polar surface area (TPSA) is 29.3 Å². The Balaban J connectivity index is 1.94. The molecule has 112 valence electrons. The van der Waals surface area contributed by atoms with Gasteiger partial charge in [0, 0.05) is 24.8 Å². The Kier molecular flexibility index (Phi) is 5.90. The fraction of sp³-hybridized carbons (Fsp3) is 0.667. The Morgan fingerprint density at radius 2 is 2.00 bits per heavy atom. The zero-order valence-electron chi connectivity index (χ0n) is 13.2. The summed E-state index contributed by atoms with van der Waals surface area (Å²) in [6, 6.07) is 6.96. The molecule has 0 fully saturated rings. The molecule has 0 aromatic heterocycles. The van der Waals surface area contributed by atoms with Gasteiger partial charge in [-0.25, -0.2) is 0 Å². The number of hydrogen-bond acceptors (Lipinski definition) is 2. The fourth-order valence-electron chi connectivity index (χ4n) is 3.12. The van der Waals surface area contributed by atoms with E-state index < -0.39 is 0 Å². The molecule has 1 aromatic carbocycles. The lowest BCUT2D eigenvalue weighted by Gasteiger charge is -2.32. The van der Waals surface area contributed by atoms with Crippen molar-refractivity contribution in [3.05, 3.63) is 29.3 Å². The Labute approximate surface area is 124 Å². The van der Waals surface area contributed by atoms with Crippen LogP contribution in [0.2, 0.25) is 0 Å². The van der Waals surface area contributed by atoms with Crippen LogP contribution in [0, 0.1) is 0 Å². The Bertz CT molecular complexity index is 412. The van der Waals surface area contributed by atoms with Crippen LogP contribution < -0.4 is 10.6 Å². The Morgan fingerprint density at radius 1 is 1.20 bits per heavy atom. The van der Waals surface area contributed by atoms with Gasteiger partial charge in [-0.05, 0) is 43.4 Å². The second kappa shape index (κ2) is 7.68. The quantitative estimate of drug-likeness (QED) is 0.745. The van der Waals surface area contributed by atoms with Crippen LogP contribution in [0.15, 0.2) is 18.2 Å². The number of nitrogens with zero attached hydrogens (tertiary/aromatic N) is 1. The van der Waals surface area contributed by atoms with Crippen molar-refractivity contribution >= 4 is 5.69 Å². The molecule has 1 aliphatic heterocycles. The van der Waals surface area contributed by atoms with Gasteiger partial charge in [-0.2, -0.15) is 0 Å². The maximum Gasteiger partial charge on any atom is 0.0398 e. The van der Waals surface area contributed by atoms with Crippen molar-refractivity contribution < 1.29 is 0 Å². The molecule has 2 heteroatoms. The molecule has 1 atom stereocenters. The third-order valence-corrected chi connectivity index (χ3v) is 4.38. The van der Waals surface area contributed by atoms with E-state index in [9.17, 15) is 0 Å². The average Bonchev–Trinajstić information content (AvgIpc) is 2.46. The maximum absolute atomic E-state index is 5.99. The largest absolute Gasteiger partial charge is 0.371 e. The number of fused-ring (bicyclic) bond motifs is 1. The standard InChI is InChI=1S/C18H30N2/c1-3-4-5-6-7-12-20-13-8-9-17-14-16(15(2)19)10-11-18(17)20/h10-11,14-15H,3-9,12-13,19H2,1-2H3. The lowest BCUT2D eigenvalue weighted by molar-refractivity contribution is 0.602. The third kappa shape index (κ3) is 3.99. The molecule has 20 heavy (non-hydrogen) atoms. The average molecular weight is 274 g/mol. The van der Waals surface area contributed by atoms with Crippen molar-refractivity contribution in [3.8, 4) is 0 Å². The molecule has 0 saturated heterocycles. The molecule has 0 aliphatic carbocycles. The molecule has 2 N–H and O–H groups in total. The first-order valence-corrected chi connectivity index (χ1v) is 8.35. The van der Waals surface area contributed by atoms with Crippen LogP contribution in [0.1, 0.15) is 69.5 Å². The van der Waals surface area contributed by atoms with Crippen molar-refractivity contribution in [3.63, 3.8) is 0 Å². The summed E-state index contributed by atoms with van der Waals surface area (Å²) < 4.78 is 0. The second-order valence-electron chi connectivity index (χ2n) is 6.18. The first kappa shape index (κ1) is 15.4. The predicted molar refractivity (Wildman–Crippen MR) is 88.3 cm³/mol. The normalized spacial score (nSPS) is 16.1. The smallest absolute Gasteiger partial charge is 0.0398 e. The van der Waals surface area contributed by atoms with Gasteiger partial charge in [0.2, 0.25) is 0 Å². The van der Waals surface area contributed by atoms with Crippen LogP contribution in [0.3, 0.4) is 0 Å². The number of unbranched alkanes of at least 4 members (excludes halogenated alkanes) is 4. The van der Waals surface area contributed by atoms with Gasteiger partial charge >= 0.3 is 0 Å². The monoisotopic (exact) mass is 274 g/mol. The first-order chi connectivity index (χ1) is 9.72. The van der Waals surface area contributed by atoms with Crippen molar-refractivity contribution in [2.24, 2.45) is 5.73 Å². The summed E-state index contributed by atoms with van der Waals surface area (Å²) >= 11 is 0. The van der Waals surface area contributed by atoms with Gasteiger partial charge in [-0.3, -0.25) is 0 Å². The molecule has 1 aromatic rings. The lowest BCUT2D eigenvalue weighted by Crippen LogP contribution is -2.30. The molecule has 0 bridgehead atoms. The highest BCUT2D eigenvalue weighted by molar-refractivity contribution is 5.57. The number of anilines is 1. The van der Waals surface area contributed by atoms with Gasteiger partial charge in [-0.15, -0.1) is 0 Å². The fourth-order valence-corrected chi connectivity index (χ4v) is 3.12. The molecular formula is C18H30N2. The van der Waals surface area contributed by atoms with Gasteiger partial charge in [0.25, 0.3) is 0 Å². The van der Waals surface area contributed by atoms with Crippen molar-refractivity contribution in [1.82, 2.24) is 0 Å². The van der Waals surface area contributed by atoms with Crippen LogP contribution in [0.5, 0.6) is 0 Å². The summed E-state index contributed by atoms with van der Waals surface area (Å²) in [5, 5.41) is 0. The summed E-state index contributed by atoms with van der Waals surface area (Å²) in [5.41, 5.74) is 10.2. The zero-order valence-corrected chi connectivity index (χ0v) is 13.2. The molecule has 1 unspecified atom stereocenters. The summed E-state index contributed by atoms with van der Waals surface area (Å²) in [5.74, 6) is 0. The Hall–Kier alpha value is -1.02. The van der Waals surface area contributed by atoms with Gasteiger partial charge in [-0.1, -0.05) is 44.7 Å². The van der Waals surface area contributed by atoms with Crippen LogP contribution in [-0.2, 0) is 6.42 Å². The molecule has 0 radical (unpaired) electrons. The second-order valence-corrected chi connectivity index (χ2v) is 6.18. The van der Waals surface area contributed by atoms with Crippen LogP contribution in [0.4, 0.5) is 5.69 Å². The minimum Gasteiger partial charge on any atom is -0.371 e. The van der Waals surface area contributed by atoms with Crippen LogP contribution in [-0.4, -0.2) is 13.1 Å². The van der Waals surface area contributed by atoms with E-state index in [1.165, 1.54) is 74.8 Å². The van der Waals surface area contributed by atoms with Gasteiger partial charge < -0.3 is 10.6 Å². The number of nitrogens with two attached hydrogens (primary N) is 1. The lowest BCUT2D eigenvalue weighted by atomic mass is 9.97. The van der Waals surface area contributed by atoms with Crippen molar-refractivity contribution in [2.45, 2.75) is 64.8 Å². The molecule has 1 heterocycles. The third-order valence-electron chi connectivity index (χ3n) is 4.38. The minimum atomic E-state index is 0.143. The summed E-state index contributed by atoms with van der Waals surface area (Å²) in [6.07, 6.45) is 9.29.